The van der Waals surface area contributed by atoms with Crippen LogP contribution >= 0.6 is 0 Å². The molecule has 35 heavy (non-hydrogen) atoms. The Hall–Kier alpha value is -4.20. The van der Waals surface area contributed by atoms with E-state index in [2.05, 4.69) is 10.3 Å². The molecular weight excluding hydrogens is 457 g/mol. The molecule has 0 aliphatic rings. The molecule has 0 fully saturated rings. The summed E-state index contributed by atoms with van der Waals surface area (Å²) in [5.74, 6) is -1.63. The van der Waals surface area contributed by atoms with Crippen LogP contribution in [-0.4, -0.2) is 22.0 Å². The highest BCUT2D eigenvalue weighted by atomic mass is 19.4. The monoisotopic (exact) mass is 478 g/mol. The molecule has 5 nitrogen and oxygen atoms in total. The number of fused-ring (bicyclic) bond motifs is 1. The third-order valence-electron chi connectivity index (χ3n) is 5.72. The maximum Gasteiger partial charge on any atom is 0.416 e. The van der Waals surface area contributed by atoms with Crippen molar-refractivity contribution in [3.05, 3.63) is 94.8 Å². The van der Waals surface area contributed by atoms with Gasteiger partial charge in [-0.15, -0.1) is 0 Å². The number of aryl methyl sites for hydroxylation is 2. The minimum absolute atomic E-state index is 0.0217. The minimum atomic E-state index is -4.51. The molecular formula is C27H21F3N2O3. The number of pyridine rings is 1. The number of benzene rings is 3. The number of carboxylic acids is 1. The van der Waals surface area contributed by atoms with Crippen molar-refractivity contribution in [2.24, 2.45) is 0 Å². The highest BCUT2D eigenvalue weighted by Gasteiger charge is 2.30. The summed E-state index contributed by atoms with van der Waals surface area (Å²) in [5.41, 5.74) is 2.60. The third-order valence-corrected chi connectivity index (χ3v) is 5.72. The second-order valence-electron chi connectivity index (χ2n) is 8.11. The number of rotatable bonds is 5. The summed E-state index contributed by atoms with van der Waals surface area (Å²) in [4.78, 5) is 28.5. The Balaban J connectivity index is 1.70. The van der Waals surface area contributed by atoms with Gasteiger partial charge in [0, 0.05) is 22.3 Å². The molecule has 0 saturated carbocycles. The first-order valence-corrected chi connectivity index (χ1v) is 10.8. The quantitative estimate of drug-likeness (QED) is 0.333. The van der Waals surface area contributed by atoms with Gasteiger partial charge in [0.25, 0.3) is 5.91 Å². The number of alkyl halides is 3. The summed E-state index contributed by atoms with van der Waals surface area (Å²) in [7, 11) is 0. The number of carboxylic acid groups (broad SMARTS) is 1. The Bertz CT molecular complexity index is 1460. The molecule has 4 rings (SSSR count). The number of aromatic carboxylic acids is 1. The first-order chi connectivity index (χ1) is 16.6. The van der Waals surface area contributed by atoms with Gasteiger partial charge in [-0.05, 0) is 77.9 Å². The Kier molecular flexibility index (Phi) is 6.30. The minimum Gasteiger partial charge on any atom is -0.477 e. The van der Waals surface area contributed by atoms with Crippen LogP contribution < -0.4 is 5.32 Å². The summed E-state index contributed by atoms with van der Waals surface area (Å²) in [6.45, 7) is 3.78. The van der Waals surface area contributed by atoms with Crippen LogP contribution in [0, 0.1) is 6.92 Å². The van der Waals surface area contributed by atoms with Gasteiger partial charge in [0.15, 0.2) is 0 Å². The van der Waals surface area contributed by atoms with Gasteiger partial charge in [-0.2, -0.15) is 13.2 Å². The van der Waals surface area contributed by atoms with Crippen LogP contribution in [0.15, 0.2) is 66.7 Å². The molecule has 0 radical (unpaired) electrons. The number of carbonyl (C=O) groups is 2. The molecule has 1 heterocycles. The maximum atomic E-state index is 13.0. The summed E-state index contributed by atoms with van der Waals surface area (Å²) in [6.07, 6.45) is -3.97. The lowest BCUT2D eigenvalue weighted by Gasteiger charge is -2.13. The summed E-state index contributed by atoms with van der Waals surface area (Å²) < 4.78 is 39.0. The lowest BCUT2D eigenvalue weighted by molar-refractivity contribution is -0.137. The number of carbonyl (C=O) groups excluding carboxylic acids is 1. The normalized spacial score (nSPS) is 11.5. The molecule has 2 N–H and O–H groups in total. The van der Waals surface area contributed by atoms with Crippen LogP contribution in [0.1, 0.15) is 44.6 Å². The molecule has 0 aliphatic heterocycles. The standard InChI is InChI=1S/C27H21F3N2O3/c1-3-23-22-11-16(9-10-17(22)13-24(32-23)26(34)35)21-12-18(8-7-15(21)2)25(33)31-20-6-4-5-19(14-20)27(28,29)30/h4-14H,3H2,1-2H3,(H,31,33)(H,34,35). The summed E-state index contributed by atoms with van der Waals surface area (Å²) in [5, 5.41) is 13.4. The molecule has 0 spiro atoms. The van der Waals surface area contributed by atoms with E-state index in [0.29, 0.717) is 12.1 Å². The maximum absolute atomic E-state index is 13.0. The number of halogens is 3. The fourth-order valence-electron chi connectivity index (χ4n) is 3.91. The molecule has 8 heteroatoms. The molecule has 3 aromatic carbocycles. The zero-order valence-corrected chi connectivity index (χ0v) is 18.9. The average molecular weight is 478 g/mol. The van der Waals surface area contributed by atoms with Crippen LogP contribution in [0.4, 0.5) is 18.9 Å². The van der Waals surface area contributed by atoms with Gasteiger partial charge in [0.2, 0.25) is 0 Å². The largest absolute Gasteiger partial charge is 0.477 e. The van der Waals surface area contributed by atoms with E-state index in [9.17, 15) is 27.9 Å². The van der Waals surface area contributed by atoms with E-state index in [0.717, 1.165) is 39.6 Å². The van der Waals surface area contributed by atoms with Crippen molar-refractivity contribution in [3.8, 4) is 11.1 Å². The first kappa shape index (κ1) is 23.9. The predicted octanol–water partition coefficient (Wildman–Crippen LogP) is 6.74. The Morgan fingerprint density at radius 3 is 2.46 bits per heavy atom. The average Bonchev–Trinajstić information content (AvgIpc) is 2.82. The molecule has 1 amide bonds. The number of nitrogens with one attached hydrogen (secondary N) is 1. The van der Waals surface area contributed by atoms with Gasteiger partial charge in [-0.1, -0.05) is 31.2 Å². The van der Waals surface area contributed by atoms with Gasteiger partial charge in [-0.25, -0.2) is 9.78 Å². The van der Waals surface area contributed by atoms with E-state index < -0.39 is 23.6 Å². The molecule has 0 aliphatic carbocycles. The van der Waals surface area contributed by atoms with Crippen molar-refractivity contribution in [2.45, 2.75) is 26.4 Å². The SMILES string of the molecule is CCc1nc(C(=O)O)cc2ccc(-c3cc(C(=O)Nc4cccc(C(F)(F)F)c4)ccc3C)cc12. The van der Waals surface area contributed by atoms with E-state index in [1.165, 1.54) is 18.2 Å². The van der Waals surface area contributed by atoms with Crippen LogP contribution in [0.25, 0.3) is 21.9 Å². The number of nitrogens with zero attached hydrogens (tertiary/aromatic N) is 1. The van der Waals surface area contributed by atoms with E-state index >= 15 is 0 Å². The van der Waals surface area contributed by atoms with Crippen LogP contribution in [0.2, 0.25) is 0 Å². The summed E-state index contributed by atoms with van der Waals surface area (Å²) in [6, 6.07) is 16.6. The lowest BCUT2D eigenvalue weighted by Crippen LogP contribution is -2.13. The van der Waals surface area contributed by atoms with Crippen molar-refractivity contribution >= 4 is 28.3 Å². The van der Waals surface area contributed by atoms with E-state index in [-0.39, 0.29) is 16.9 Å². The van der Waals surface area contributed by atoms with Crippen LogP contribution in [-0.2, 0) is 12.6 Å². The van der Waals surface area contributed by atoms with Gasteiger partial charge in [-0.3, -0.25) is 4.79 Å². The fraction of sp³-hybridized carbons (Fsp3) is 0.148. The number of aromatic nitrogens is 1. The number of hydrogen-bond donors (Lipinski definition) is 2. The van der Waals surface area contributed by atoms with E-state index in [1.807, 2.05) is 32.0 Å². The molecule has 178 valence electrons. The first-order valence-electron chi connectivity index (χ1n) is 10.8. The molecule has 0 atom stereocenters. The van der Waals surface area contributed by atoms with E-state index in [4.69, 9.17) is 0 Å². The van der Waals surface area contributed by atoms with Gasteiger partial charge in [0.1, 0.15) is 5.69 Å². The lowest BCUT2D eigenvalue weighted by atomic mass is 9.95. The van der Waals surface area contributed by atoms with Crippen molar-refractivity contribution < 1.29 is 27.9 Å². The van der Waals surface area contributed by atoms with Crippen LogP contribution in [0.3, 0.4) is 0 Å². The topological polar surface area (TPSA) is 79.3 Å². The highest BCUT2D eigenvalue weighted by Crippen LogP contribution is 2.32. The second kappa shape index (κ2) is 9.21. The van der Waals surface area contributed by atoms with Crippen molar-refractivity contribution in [1.82, 2.24) is 4.98 Å². The summed E-state index contributed by atoms with van der Waals surface area (Å²) >= 11 is 0. The zero-order valence-electron chi connectivity index (χ0n) is 18.9. The fourth-order valence-corrected chi connectivity index (χ4v) is 3.91. The Morgan fingerprint density at radius 2 is 1.77 bits per heavy atom. The smallest absolute Gasteiger partial charge is 0.416 e. The van der Waals surface area contributed by atoms with Gasteiger partial charge >= 0.3 is 12.1 Å². The van der Waals surface area contributed by atoms with Gasteiger partial charge < -0.3 is 10.4 Å². The third kappa shape index (κ3) is 5.01. The van der Waals surface area contributed by atoms with Crippen molar-refractivity contribution in [1.29, 1.82) is 0 Å². The molecule has 1 aromatic heterocycles. The molecule has 4 aromatic rings. The predicted molar refractivity (Wildman–Crippen MR) is 128 cm³/mol. The van der Waals surface area contributed by atoms with Gasteiger partial charge in [0.05, 0.1) is 5.56 Å². The second-order valence-corrected chi connectivity index (χ2v) is 8.11. The number of anilines is 1. The van der Waals surface area contributed by atoms with Crippen molar-refractivity contribution in [2.75, 3.05) is 5.32 Å². The number of hydrogen-bond acceptors (Lipinski definition) is 3. The number of amides is 1. The zero-order chi connectivity index (χ0) is 25.3. The Morgan fingerprint density at radius 1 is 1.00 bits per heavy atom. The van der Waals surface area contributed by atoms with E-state index in [1.54, 1.807) is 18.2 Å². The molecule has 0 unspecified atom stereocenters. The molecule has 0 bridgehead atoms. The Labute approximate surface area is 199 Å². The molecule has 0 saturated heterocycles. The van der Waals surface area contributed by atoms with Crippen LogP contribution in [0.5, 0.6) is 0 Å². The highest BCUT2D eigenvalue weighted by molar-refractivity contribution is 6.05. The van der Waals surface area contributed by atoms with Crippen molar-refractivity contribution in [3.63, 3.8) is 0 Å².